The summed E-state index contributed by atoms with van der Waals surface area (Å²) < 4.78 is 38.9. The van der Waals surface area contributed by atoms with Crippen molar-refractivity contribution in [2.24, 2.45) is 0 Å². The van der Waals surface area contributed by atoms with E-state index in [1.807, 2.05) is 24.4 Å². The Bertz CT molecular complexity index is 1340. The number of carbonyl (C=O) groups is 1. The van der Waals surface area contributed by atoms with E-state index >= 15 is 0 Å². The van der Waals surface area contributed by atoms with Gasteiger partial charge in [-0.25, -0.2) is 4.98 Å². The Morgan fingerprint density at radius 3 is 2.62 bits per heavy atom. The molecule has 2 N–H and O–H groups in total. The number of hydrogen-bond donors (Lipinski definition) is 2. The van der Waals surface area contributed by atoms with Crippen LogP contribution in [0, 0.1) is 0 Å². The van der Waals surface area contributed by atoms with Gasteiger partial charge in [-0.2, -0.15) is 18.3 Å². The Labute approximate surface area is 193 Å². The molecule has 0 atom stereocenters. The molecule has 1 aliphatic rings. The van der Waals surface area contributed by atoms with Crippen LogP contribution in [0.25, 0.3) is 22.0 Å². The van der Waals surface area contributed by atoms with Gasteiger partial charge in [-0.15, -0.1) is 0 Å². The predicted octanol–water partition coefficient (Wildman–Crippen LogP) is 5.28. The largest absolute Gasteiger partial charge is 0.416 e. The molecule has 0 unspecified atom stereocenters. The number of amides is 1. The zero-order valence-corrected chi connectivity index (χ0v) is 18.1. The standard InChI is InChI=1S/C24H21F3N6O/c25-24(26,27)17-6-7-29-21(12-17)30-23(34)22-19-11-15(4-5-20(19)31-32-22)16-10-18(14-28-13-16)33-8-2-1-3-9-33/h4-7,10-14H,1-3,8-9H2,(H,31,32)(H,29,30,34). The van der Waals surface area contributed by atoms with Crippen molar-refractivity contribution in [2.75, 3.05) is 23.3 Å². The first-order valence-corrected chi connectivity index (χ1v) is 10.9. The second-order valence-corrected chi connectivity index (χ2v) is 8.19. The fraction of sp³-hybridized carbons (Fsp3) is 0.250. The Morgan fingerprint density at radius 2 is 1.82 bits per heavy atom. The Hall–Kier alpha value is -3.95. The monoisotopic (exact) mass is 466 g/mol. The summed E-state index contributed by atoms with van der Waals surface area (Å²) in [5.41, 5.74) is 2.61. The van der Waals surface area contributed by atoms with E-state index in [0.717, 1.165) is 61.1 Å². The third-order valence-corrected chi connectivity index (χ3v) is 5.89. The number of anilines is 2. The van der Waals surface area contributed by atoms with Crippen molar-refractivity contribution in [1.82, 2.24) is 20.2 Å². The van der Waals surface area contributed by atoms with E-state index in [1.165, 1.54) is 6.42 Å². The van der Waals surface area contributed by atoms with Crippen LogP contribution in [-0.2, 0) is 6.18 Å². The van der Waals surface area contributed by atoms with E-state index in [0.29, 0.717) is 10.9 Å². The van der Waals surface area contributed by atoms with Crippen molar-refractivity contribution in [3.63, 3.8) is 0 Å². The zero-order chi connectivity index (χ0) is 23.7. The number of aromatic amines is 1. The van der Waals surface area contributed by atoms with Gasteiger partial charge in [-0.1, -0.05) is 6.07 Å². The lowest BCUT2D eigenvalue weighted by atomic mass is 10.0. The van der Waals surface area contributed by atoms with Crippen LogP contribution in [0.2, 0.25) is 0 Å². The highest BCUT2D eigenvalue weighted by Gasteiger charge is 2.31. The van der Waals surface area contributed by atoms with Crippen LogP contribution in [0.3, 0.4) is 0 Å². The molecule has 0 radical (unpaired) electrons. The summed E-state index contributed by atoms with van der Waals surface area (Å²) >= 11 is 0. The highest BCUT2D eigenvalue weighted by atomic mass is 19.4. The third-order valence-electron chi connectivity index (χ3n) is 5.89. The molecular weight excluding hydrogens is 445 g/mol. The average Bonchev–Trinajstić information content (AvgIpc) is 3.28. The number of nitrogens with one attached hydrogen (secondary N) is 2. The van der Waals surface area contributed by atoms with E-state index < -0.39 is 17.6 Å². The molecule has 0 saturated carbocycles. The predicted molar refractivity (Wildman–Crippen MR) is 123 cm³/mol. The minimum Gasteiger partial charge on any atom is -0.370 e. The minimum atomic E-state index is -4.53. The second-order valence-electron chi connectivity index (χ2n) is 8.19. The summed E-state index contributed by atoms with van der Waals surface area (Å²) in [6.07, 6.45) is 3.64. The molecule has 10 heteroatoms. The number of fused-ring (bicyclic) bond motifs is 1. The van der Waals surface area contributed by atoms with E-state index in [-0.39, 0.29) is 11.5 Å². The average molecular weight is 466 g/mol. The maximum absolute atomic E-state index is 13.0. The highest BCUT2D eigenvalue weighted by Crippen LogP contribution is 2.31. The lowest BCUT2D eigenvalue weighted by Gasteiger charge is -2.28. The molecule has 7 nitrogen and oxygen atoms in total. The number of benzene rings is 1. The smallest absolute Gasteiger partial charge is 0.370 e. The zero-order valence-electron chi connectivity index (χ0n) is 18.1. The lowest BCUT2D eigenvalue weighted by Crippen LogP contribution is -2.29. The quantitative estimate of drug-likeness (QED) is 0.427. The van der Waals surface area contributed by atoms with E-state index in [1.54, 1.807) is 6.20 Å². The number of rotatable bonds is 4. The van der Waals surface area contributed by atoms with Gasteiger partial charge in [0, 0.05) is 36.4 Å². The van der Waals surface area contributed by atoms with Crippen LogP contribution in [0.5, 0.6) is 0 Å². The van der Waals surface area contributed by atoms with E-state index in [4.69, 9.17) is 0 Å². The van der Waals surface area contributed by atoms with Gasteiger partial charge in [0.25, 0.3) is 5.91 Å². The number of H-pyrrole nitrogens is 1. The normalized spacial score (nSPS) is 14.4. The van der Waals surface area contributed by atoms with Crippen LogP contribution >= 0.6 is 0 Å². The Balaban J connectivity index is 1.43. The van der Waals surface area contributed by atoms with Crippen molar-refractivity contribution in [3.05, 3.63) is 66.2 Å². The second kappa shape index (κ2) is 8.77. The van der Waals surface area contributed by atoms with Gasteiger partial charge in [0.1, 0.15) is 5.82 Å². The molecule has 174 valence electrons. The van der Waals surface area contributed by atoms with Crippen LogP contribution in [0.4, 0.5) is 24.7 Å². The SMILES string of the molecule is O=C(Nc1cc(C(F)(F)F)ccn1)c1n[nH]c2ccc(-c3cncc(N4CCCCC4)c3)cc12. The molecule has 0 bridgehead atoms. The maximum Gasteiger partial charge on any atom is 0.416 e. The molecule has 4 heterocycles. The van der Waals surface area contributed by atoms with Crippen molar-refractivity contribution in [2.45, 2.75) is 25.4 Å². The van der Waals surface area contributed by atoms with Crippen LogP contribution in [0.15, 0.2) is 55.0 Å². The first-order chi connectivity index (χ1) is 16.4. The lowest BCUT2D eigenvalue weighted by molar-refractivity contribution is -0.137. The first kappa shape index (κ1) is 21.9. The van der Waals surface area contributed by atoms with Gasteiger partial charge in [-0.05, 0) is 55.2 Å². The Kier molecular flexibility index (Phi) is 5.64. The van der Waals surface area contributed by atoms with Crippen molar-refractivity contribution in [1.29, 1.82) is 0 Å². The molecule has 1 aromatic carbocycles. The number of alkyl halides is 3. The molecule has 3 aromatic heterocycles. The summed E-state index contributed by atoms with van der Waals surface area (Å²) in [6, 6.07) is 9.25. The minimum absolute atomic E-state index is 0.0659. The van der Waals surface area contributed by atoms with Gasteiger partial charge >= 0.3 is 6.18 Å². The molecule has 0 spiro atoms. The number of piperidine rings is 1. The van der Waals surface area contributed by atoms with Gasteiger partial charge in [0.2, 0.25) is 0 Å². The summed E-state index contributed by atoms with van der Waals surface area (Å²) in [6.45, 7) is 2.00. The highest BCUT2D eigenvalue weighted by molar-refractivity contribution is 6.11. The van der Waals surface area contributed by atoms with Crippen LogP contribution in [0.1, 0.15) is 35.3 Å². The topological polar surface area (TPSA) is 86.8 Å². The molecular formula is C24H21F3N6O. The van der Waals surface area contributed by atoms with Crippen molar-refractivity contribution < 1.29 is 18.0 Å². The molecule has 34 heavy (non-hydrogen) atoms. The van der Waals surface area contributed by atoms with Gasteiger partial charge < -0.3 is 10.2 Å². The Morgan fingerprint density at radius 1 is 1.00 bits per heavy atom. The van der Waals surface area contributed by atoms with Gasteiger partial charge in [-0.3, -0.25) is 14.9 Å². The number of aromatic nitrogens is 4. The third kappa shape index (κ3) is 4.43. The van der Waals surface area contributed by atoms with Crippen LogP contribution in [-0.4, -0.2) is 39.2 Å². The summed E-state index contributed by atoms with van der Waals surface area (Å²) in [5, 5.41) is 9.83. The fourth-order valence-electron chi connectivity index (χ4n) is 4.13. The maximum atomic E-state index is 13.0. The van der Waals surface area contributed by atoms with Gasteiger partial charge in [0.15, 0.2) is 5.69 Å². The van der Waals surface area contributed by atoms with E-state index in [9.17, 15) is 18.0 Å². The van der Waals surface area contributed by atoms with Crippen LogP contribution < -0.4 is 10.2 Å². The van der Waals surface area contributed by atoms with Crippen molar-refractivity contribution in [3.8, 4) is 11.1 Å². The molecule has 1 aliphatic heterocycles. The van der Waals surface area contributed by atoms with Gasteiger partial charge in [0.05, 0.1) is 23.0 Å². The number of nitrogens with zero attached hydrogens (tertiary/aromatic N) is 4. The molecule has 1 saturated heterocycles. The van der Waals surface area contributed by atoms with E-state index in [2.05, 4.69) is 36.4 Å². The molecule has 4 aromatic rings. The summed E-state index contributed by atoms with van der Waals surface area (Å²) in [5.74, 6) is -0.860. The molecule has 5 rings (SSSR count). The number of carbonyl (C=O) groups excluding carboxylic acids is 1. The summed E-state index contributed by atoms with van der Waals surface area (Å²) in [4.78, 5) is 23.4. The fourth-order valence-corrected chi connectivity index (χ4v) is 4.13. The van der Waals surface area contributed by atoms with Crippen molar-refractivity contribution >= 4 is 28.3 Å². The molecule has 0 aliphatic carbocycles. The number of hydrogen-bond acceptors (Lipinski definition) is 5. The number of pyridine rings is 2. The summed E-state index contributed by atoms with van der Waals surface area (Å²) in [7, 11) is 0. The first-order valence-electron chi connectivity index (χ1n) is 10.9. The number of halogens is 3. The molecule has 1 amide bonds. The molecule has 1 fully saturated rings.